The largest absolute Gasteiger partial charge is 0.462 e. The number of fused-ring (bicyclic) bond motifs is 1. The van der Waals surface area contributed by atoms with Crippen LogP contribution in [0.1, 0.15) is 41.7 Å². The van der Waals surface area contributed by atoms with E-state index >= 15 is 0 Å². The van der Waals surface area contributed by atoms with Crippen LogP contribution < -0.4 is 0 Å². The van der Waals surface area contributed by atoms with Gasteiger partial charge in [0.25, 0.3) is 0 Å². The van der Waals surface area contributed by atoms with E-state index in [0.29, 0.717) is 23.1 Å². The number of carbonyl (C=O) groups is 1. The number of aromatic nitrogens is 1. The molecular formula is C15H14ClNO2. The van der Waals surface area contributed by atoms with Crippen molar-refractivity contribution < 1.29 is 9.53 Å². The summed E-state index contributed by atoms with van der Waals surface area (Å²) in [6.07, 6.45) is 2.19. The van der Waals surface area contributed by atoms with Gasteiger partial charge in [0.2, 0.25) is 0 Å². The van der Waals surface area contributed by atoms with E-state index in [-0.39, 0.29) is 5.97 Å². The quantitative estimate of drug-likeness (QED) is 0.797. The molecule has 1 heterocycles. The summed E-state index contributed by atoms with van der Waals surface area (Å²) < 4.78 is 5.11. The maximum absolute atomic E-state index is 12.0. The fourth-order valence-electron chi connectivity index (χ4n) is 2.20. The Labute approximate surface area is 116 Å². The second-order valence-electron chi connectivity index (χ2n) is 4.75. The summed E-state index contributed by atoms with van der Waals surface area (Å²) in [5.41, 5.74) is 2.33. The number of hydrogen-bond acceptors (Lipinski definition) is 3. The first-order valence-electron chi connectivity index (χ1n) is 6.46. The second-order valence-corrected chi connectivity index (χ2v) is 5.19. The van der Waals surface area contributed by atoms with Crippen molar-refractivity contribution in [1.82, 2.24) is 4.98 Å². The number of ether oxygens (including phenoxy) is 1. The number of rotatable bonds is 3. The lowest BCUT2D eigenvalue weighted by Crippen LogP contribution is -2.09. The summed E-state index contributed by atoms with van der Waals surface area (Å²) in [4.78, 5) is 16.7. The Morgan fingerprint density at radius 3 is 2.89 bits per heavy atom. The van der Waals surface area contributed by atoms with Crippen LogP contribution in [0.3, 0.4) is 0 Å². The summed E-state index contributed by atoms with van der Waals surface area (Å²) in [5, 5.41) is 1.52. The van der Waals surface area contributed by atoms with E-state index in [4.69, 9.17) is 16.3 Å². The SMILES string of the molecule is CCOC(=O)c1cc2cc(Cl)ccc2nc1C1CC1. The highest BCUT2D eigenvalue weighted by Gasteiger charge is 2.30. The van der Waals surface area contributed by atoms with Crippen molar-refractivity contribution in [2.75, 3.05) is 6.61 Å². The van der Waals surface area contributed by atoms with Gasteiger partial charge in [0.05, 0.1) is 23.4 Å². The van der Waals surface area contributed by atoms with Crippen molar-refractivity contribution in [3.63, 3.8) is 0 Å². The Kier molecular flexibility index (Phi) is 3.15. The van der Waals surface area contributed by atoms with Gasteiger partial charge in [-0.05, 0) is 44.0 Å². The van der Waals surface area contributed by atoms with E-state index in [1.165, 1.54) is 0 Å². The molecule has 1 aliphatic carbocycles. The van der Waals surface area contributed by atoms with E-state index in [9.17, 15) is 4.79 Å². The van der Waals surface area contributed by atoms with E-state index in [0.717, 1.165) is 29.4 Å². The Morgan fingerprint density at radius 1 is 1.42 bits per heavy atom. The monoisotopic (exact) mass is 275 g/mol. The first-order chi connectivity index (χ1) is 9.19. The molecule has 0 unspecified atom stereocenters. The zero-order chi connectivity index (χ0) is 13.4. The number of halogens is 1. The van der Waals surface area contributed by atoms with E-state index in [2.05, 4.69) is 4.98 Å². The third-order valence-electron chi connectivity index (χ3n) is 3.27. The van der Waals surface area contributed by atoms with Crippen molar-refractivity contribution in [3.8, 4) is 0 Å². The lowest BCUT2D eigenvalue weighted by molar-refractivity contribution is 0.0524. The Hall–Kier alpha value is -1.61. The van der Waals surface area contributed by atoms with Crippen LogP contribution in [0.5, 0.6) is 0 Å². The predicted molar refractivity (Wildman–Crippen MR) is 74.7 cm³/mol. The maximum atomic E-state index is 12.0. The van der Waals surface area contributed by atoms with Crippen LogP contribution in [0.15, 0.2) is 24.3 Å². The summed E-state index contributed by atoms with van der Waals surface area (Å²) in [5.74, 6) is 0.109. The topological polar surface area (TPSA) is 39.2 Å². The molecule has 4 heteroatoms. The molecule has 1 saturated carbocycles. The average molecular weight is 276 g/mol. The summed E-state index contributed by atoms with van der Waals surface area (Å²) in [6, 6.07) is 7.37. The minimum Gasteiger partial charge on any atom is -0.462 e. The number of esters is 1. The highest BCUT2D eigenvalue weighted by molar-refractivity contribution is 6.31. The molecule has 0 aliphatic heterocycles. The van der Waals surface area contributed by atoms with Crippen LogP contribution in [-0.4, -0.2) is 17.6 Å². The average Bonchev–Trinajstić information content (AvgIpc) is 3.21. The molecule has 1 fully saturated rings. The van der Waals surface area contributed by atoms with E-state index in [1.54, 1.807) is 6.92 Å². The molecule has 0 atom stereocenters. The Bertz CT molecular complexity index is 650. The minimum atomic E-state index is -0.293. The molecule has 98 valence electrons. The molecule has 0 N–H and O–H groups in total. The molecule has 1 aliphatic rings. The minimum absolute atomic E-state index is 0.293. The number of pyridine rings is 1. The van der Waals surface area contributed by atoms with Gasteiger partial charge >= 0.3 is 5.97 Å². The van der Waals surface area contributed by atoms with Gasteiger partial charge in [-0.2, -0.15) is 0 Å². The number of carbonyl (C=O) groups excluding carboxylic acids is 1. The van der Waals surface area contributed by atoms with Gasteiger partial charge in [0.15, 0.2) is 0 Å². The molecule has 0 amide bonds. The zero-order valence-corrected chi connectivity index (χ0v) is 11.4. The van der Waals surface area contributed by atoms with Crippen molar-refractivity contribution >= 4 is 28.5 Å². The summed E-state index contributed by atoms with van der Waals surface area (Å²) >= 11 is 5.98. The van der Waals surface area contributed by atoms with Gasteiger partial charge in [-0.3, -0.25) is 4.98 Å². The maximum Gasteiger partial charge on any atom is 0.340 e. The smallest absolute Gasteiger partial charge is 0.340 e. The van der Waals surface area contributed by atoms with Crippen LogP contribution in [0.4, 0.5) is 0 Å². The fraction of sp³-hybridized carbons (Fsp3) is 0.333. The Balaban J connectivity index is 2.16. The van der Waals surface area contributed by atoms with Gasteiger partial charge in [0.1, 0.15) is 0 Å². The van der Waals surface area contributed by atoms with Crippen molar-refractivity contribution in [3.05, 3.63) is 40.5 Å². The third-order valence-corrected chi connectivity index (χ3v) is 3.50. The van der Waals surface area contributed by atoms with Gasteiger partial charge in [-0.1, -0.05) is 11.6 Å². The first-order valence-corrected chi connectivity index (χ1v) is 6.84. The van der Waals surface area contributed by atoms with Gasteiger partial charge in [-0.25, -0.2) is 4.79 Å². The highest BCUT2D eigenvalue weighted by Crippen LogP contribution is 2.41. The highest BCUT2D eigenvalue weighted by atomic mass is 35.5. The predicted octanol–water partition coefficient (Wildman–Crippen LogP) is 3.94. The van der Waals surface area contributed by atoms with Crippen LogP contribution in [0.2, 0.25) is 5.02 Å². The summed E-state index contributed by atoms with van der Waals surface area (Å²) in [6.45, 7) is 2.18. The van der Waals surface area contributed by atoms with E-state index < -0.39 is 0 Å². The number of nitrogens with zero attached hydrogens (tertiary/aromatic N) is 1. The fourth-order valence-corrected chi connectivity index (χ4v) is 2.38. The van der Waals surface area contributed by atoms with Gasteiger partial charge in [-0.15, -0.1) is 0 Å². The molecule has 1 aromatic heterocycles. The van der Waals surface area contributed by atoms with Crippen LogP contribution in [0, 0.1) is 0 Å². The molecule has 0 spiro atoms. The van der Waals surface area contributed by atoms with Gasteiger partial charge < -0.3 is 4.74 Å². The lowest BCUT2D eigenvalue weighted by atomic mass is 10.1. The molecule has 2 aromatic rings. The normalized spacial score (nSPS) is 14.6. The van der Waals surface area contributed by atoms with Crippen molar-refractivity contribution in [1.29, 1.82) is 0 Å². The van der Waals surface area contributed by atoms with Crippen LogP contribution >= 0.6 is 11.6 Å². The second kappa shape index (κ2) is 4.82. The number of benzene rings is 1. The molecule has 1 aromatic carbocycles. The molecular weight excluding hydrogens is 262 g/mol. The molecule has 0 saturated heterocycles. The van der Waals surface area contributed by atoms with Gasteiger partial charge in [0, 0.05) is 16.3 Å². The lowest BCUT2D eigenvalue weighted by Gasteiger charge is -2.09. The van der Waals surface area contributed by atoms with Crippen LogP contribution in [0.25, 0.3) is 10.9 Å². The number of hydrogen-bond donors (Lipinski definition) is 0. The first kappa shape index (κ1) is 12.4. The van der Waals surface area contributed by atoms with Crippen LogP contribution in [-0.2, 0) is 4.74 Å². The summed E-state index contributed by atoms with van der Waals surface area (Å²) in [7, 11) is 0. The Morgan fingerprint density at radius 2 is 2.21 bits per heavy atom. The third kappa shape index (κ3) is 2.43. The molecule has 19 heavy (non-hydrogen) atoms. The standard InChI is InChI=1S/C15H14ClNO2/c1-2-19-15(18)12-8-10-7-11(16)5-6-13(10)17-14(12)9-3-4-9/h5-9H,2-4H2,1H3. The van der Waals surface area contributed by atoms with Crippen molar-refractivity contribution in [2.45, 2.75) is 25.7 Å². The van der Waals surface area contributed by atoms with Crippen molar-refractivity contribution in [2.24, 2.45) is 0 Å². The molecule has 3 nitrogen and oxygen atoms in total. The molecule has 0 radical (unpaired) electrons. The zero-order valence-electron chi connectivity index (χ0n) is 10.6. The molecule has 3 rings (SSSR count). The molecule has 0 bridgehead atoms. The van der Waals surface area contributed by atoms with E-state index in [1.807, 2.05) is 24.3 Å².